The minimum atomic E-state index is -0.146. The molecular formula is C22H26N4O2. The largest absolute Gasteiger partial charge is 0.334 e. The summed E-state index contributed by atoms with van der Waals surface area (Å²) in [5, 5.41) is 4.27. The average molecular weight is 378 g/mol. The van der Waals surface area contributed by atoms with E-state index in [2.05, 4.69) is 10.1 Å². The van der Waals surface area contributed by atoms with Crippen molar-refractivity contribution in [3.05, 3.63) is 75.5 Å². The molecule has 0 atom stereocenters. The van der Waals surface area contributed by atoms with Crippen molar-refractivity contribution in [2.24, 2.45) is 0 Å². The van der Waals surface area contributed by atoms with Gasteiger partial charge in [0.15, 0.2) is 0 Å². The molecular weight excluding hydrogens is 352 g/mol. The molecule has 0 saturated carbocycles. The van der Waals surface area contributed by atoms with E-state index >= 15 is 0 Å². The molecule has 146 valence electrons. The maximum atomic E-state index is 13.1. The van der Waals surface area contributed by atoms with Crippen LogP contribution in [0.3, 0.4) is 0 Å². The number of pyridine rings is 1. The number of nitrogens with zero attached hydrogens (tertiary/aromatic N) is 3. The summed E-state index contributed by atoms with van der Waals surface area (Å²) in [6.07, 6.45) is 3.76. The highest BCUT2D eigenvalue weighted by Gasteiger charge is 2.17. The second-order valence-electron chi connectivity index (χ2n) is 6.92. The summed E-state index contributed by atoms with van der Waals surface area (Å²) in [6.45, 7) is 9.71. The third kappa shape index (κ3) is 4.06. The van der Waals surface area contributed by atoms with Gasteiger partial charge in [-0.2, -0.15) is 5.10 Å². The minimum absolute atomic E-state index is 0.0612. The first-order valence-corrected chi connectivity index (χ1v) is 9.54. The van der Waals surface area contributed by atoms with Crippen molar-refractivity contribution < 1.29 is 4.79 Å². The van der Waals surface area contributed by atoms with Crippen LogP contribution in [0, 0.1) is 13.8 Å². The number of benzene rings is 1. The number of carbonyl (C=O) groups is 1. The number of aryl methyl sites for hydroxylation is 3. The Morgan fingerprint density at radius 1 is 1.21 bits per heavy atom. The highest BCUT2D eigenvalue weighted by atomic mass is 16.2. The van der Waals surface area contributed by atoms with Crippen LogP contribution < -0.4 is 5.56 Å². The molecule has 1 N–H and O–H groups in total. The number of aromatic nitrogens is 3. The van der Waals surface area contributed by atoms with Crippen LogP contribution >= 0.6 is 0 Å². The summed E-state index contributed by atoms with van der Waals surface area (Å²) in [7, 11) is 0. The van der Waals surface area contributed by atoms with Gasteiger partial charge in [0.05, 0.1) is 6.20 Å². The summed E-state index contributed by atoms with van der Waals surface area (Å²) < 4.78 is 1.85. The van der Waals surface area contributed by atoms with Gasteiger partial charge >= 0.3 is 0 Å². The molecule has 2 aromatic heterocycles. The molecule has 0 fully saturated rings. The fraction of sp³-hybridized carbons (Fsp3) is 0.318. The smallest absolute Gasteiger partial charge is 0.256 e. The van der Waals surface area contributed by atoms with Gasteiger partial charge in [0.2, 0.25) is 0 Å². The zero-order valence-electron chi connectivity index (χ0n) is 16.8. The van der Waals surface area contributed by atoms with Crippen LogP contribution in [0.2, 0.25) is 0 Å². The maximum absolute atomic E-state index is 13.1. The first kappa shape index (κ1) is 19.6. The first-order valence-electron chi connectivity index (χ1n) is 9.54. The molecule has 6 heteroatoms. The summed E-state index contributed by atoms with van der Waals surface area (Å²) in [5.74, 6) is -0.0612. The van der Waals surface area contributed by atoms with Crippen molar-refractivity contribution in [3.63, 3.8) is 0 Å². The zero-order valence-corrected chi connectivity index (χ0v) is 16.8. The third-order valence-electron chi connectivity index (χ3n) is 4.97. The van der Waals surface area contributed by atoms with Crippen LogP contribution in [-0.4, -0.2) is 32.1 Å². The van der Waals surface area contributed by atoms with Gasteiger partial charge in [-0.1, -0.05) is 12.1 Å². The van der Waals surface area contributed by atoms with Crippen LogP contribution in [-0.2, 0) is 13.1 Å². The molecule has 0 aliphatic carbocycles. The van der Waals surface area contributed by atoms with Gasteiger partial charge in [0, 0.05) is 48.2 Å². The quantitative estimate of drug-likeness (QED) is 0.713. The zero-order chi connectivity index (χ0) is 20.3. The SMILES string of the molecule is CCN(Cc1cnn(CC)c1)C(=O)c1cccc(-c2cc(C)c(C)[nH]c2=O)c1. The van der Waals surface area contributed by atoms with Gasteiger partial charge in [-0.05, 0) is 57.0 Å². The minimum Gasteiger partial charge on any atom is -0.334 e. The highest BCUT2D eigenvalue weighted by Crippen LogP contribution is 2.20. The molecule has 0 radical (unpaired) electrons. The normalized spacial score (nSPS) is 10.9. The maximum Gasteiger partial charge on any atom is 0.256 e. The lowest BCUT2D eigenvalue weighted by Crippen LogP contribution is -2.30. The Kier molecular flexibility index (Phi) is 5.78. The lowest BCUT2D eigenvalue weighted by atomic mass is 10.0. The molecule has 3 rings (SSSR count). The summed E-state index contributed by atoms with van der Waals surface area (Å²) in [4.78, 5) is 30.1. The van der Waals surface area contributed by atoms with E-state index in [0.717, 1.165) is 28.9 Å². The van der Waals surface area contributed by atoms with Gasteiger partial charge in [-0.15, -0.1) is 0 Å². The Hall–Kier alpha value is -3.15. The van der Waals surface area contributed by atoms with Crippen molar-refractivity contribution in [3.8, 4) is 11.1 Å². The van der Waals surface area contributed by atoms with Crippen LogP contribution in [0.25, 0.3) is 11.1 Å². The number of amides is 1. The average Bonchev–Trinajstić information content (AvgIpc) is 3.16. The van der Waals surface area contributed by atoms with Crippen molar-refractivity contribution >= 4 is 5.91 Å². The van der Waals surface area contributed by atoms with Gasteiger partial charge < -0.3 is 9.88 Å². The molecule has 0 aliphatic rings. The van der Waals surface area contributed by atoms with E-state index in [1.54, 1.807) is 23.2 Å². The lowest BCUT2D eigenvalue weighted by molar-refractivity contribution is 0.0752. The van der Waals surface area contributed by atoms with Crippen LogP contribution in [0.4, 0.5) is 0 Å². The Morgan fingerprint density at radius 3 is 2.68 bits per heavy atom. The van der Waals surface area contributed by atoms with E-state index in [1.807, 2.05) is 56.8 Å². The molecule has 0 aliphatic heterocycles. The molecule has 0 spiro atoms. The van der Waals surface area contributed by atoms with Gasteiger partial charge in [0.25, 0.3) is 11.5 Å². The van der Waals surface area contributed by atoms with E-state index in [0.29, 0.717) is 24.2 Å². The van der Waals surface area contributed by atoms with Gasteiger partial charge in [-0.3, -0.25) is 14.3 Å². The highest BCUT2D eigenvalue weighted by molar-refractivity contribution is 5.95. The van der Waals surface area contributed by atoms with E-state index in [-0.39, 0.29) is 11.5 Å². The number of aromatic amines is 1. The standard InChI is InChI=1S/C22H26N4O2/c1-5-25(13-17-12-23-26(6-2)14-17)22(28)19-9-7-8-18(11-19)20-10-15(3)16(4)24-21(20)27/h7-12,14H,5-6,13H2,1-4H3,(H,24,27). The topological polar surface area (TPSA) is 71.0 Å². The number of carbonyl (C=O) groups excluding carboxylic acids is 1. The number of rotatable bonds is 6. The molecule has 1 aromatic carbocycles. The fourth-order valence-electron chi connectivity index (χ4n) is 3.15. The summed E-state index contributed by atoms with van der Waals surface area (Å²) >= 11 is 0. The molecule has 0 unspecified atom stereocenters. The Bertz CT molecular complexity index is 1050. The number of nitrogens with one attached hydrogen (secondary N) is 1. The molecule has 28 heavy (non-hydrogen) atoms. The van der Waals surface area contributed by atoms with Gasteiger partial charge in [-0.25, -0.2) is 0 Å². The fourth-order valence-corrected chi connectivity index (χ4v) is 3.15. The van der Waals surface area contributed by atoms with Crippen LogP contribution in [0.1, 0.15) is 41.0 Å². The van der Waals surface area contributed by atoms with E-state index in [4.69, 9.17) is 0 Å². The number of H-pyrrole nitrogens is 1. The van der Waals surface area contributed by atoms with Crippen molar-refractivity contribution in [2.45, 2.75) is 40.8 Å². The van der Waals surface area contributed by atoms with Crippen molar-refractivity contribution in [1.82, 2.24) is 19.7 Å². The van der Waals surface area contributed by atoms with Crippen molar-refractivity contribution in [2.75, 3.05) is 6.54 Å². The molecule has 3 aromatic rings. The summed E-state index contributed by atoms with van der Waals surface area (Å²) in [6, 6.07) is 9.13. The Balaban J connectivity index is 1.88. The number of hydrogen-bond donors (Lipinski definition) is 1. The molecule has 6 nitrogen and oxygen atoms in total. The number of hydrogen-bond acceptors (Lipinski definition) is 3. The van der Waals surface area contributed by atoms with Crippen LogP contribution in [0.15, 0.2) is 47.5 Å². The molecule has 2 heterocycles. The predicted octanol–water partition coefficient (Wildman–Crippen LogP) is 3.54. The second kappa shape index (κ2) is 8.25. The molecule has 0 bridgehead atoms. The van der Waals surface area contributed by atoms with E-state index in [1.165, 1.54) is 0 Å². The first-order chi connectivity index (χ1) is 13.4. The second-order valence-corrected chi connectivity index (χ2v) is 6.92. The molecule has 1 amide bonds. The van der Waals surface area contributed by atoms with Crippen molar-refractivity contribution in [1.29, 1.82) is 0 Å². The van der Waals surface area contributed by atoms with Crippen LogP contribution in [0.5, 0.6) is 0 Å². The Morgan fingerprint density at radius 2 is 2.00 bits per heavy atom. The summed E-state index contributed by atoms with van der Waals surface area (Å²) in [5.41, 5.74) is 4.60. The third-order valence-corrected chi connectivity index (χ3v) is 4.97. The molecule has 0 saturated heterocycles. The Labute approximate surface area is 164 Å². The van der Waals surface area contributed by atoms with E-state index < -0.39 is 0 Å². The lowest BCUT2D eigenvalue weighted by Gasteiger charge is -2.20. The monoisotopic (exact) mass is 378 g/mol. The van der Waals surface area contributed by atoms with Gasteiger partial charge in [0.1, 0.15) is 0 Å². The predicted molar refractivity (Wildman–Crippen MR) is 110 cm³/mol. The van der Waals surface area contributed by atoms with E-state index in [9.17, 15) is 9.59 Å².